The maximum atomic E-state index is 12.1. The average Bonchev–Trinajstić information content (AvgIpc) is 3.18. The minimum atomic E-state index is -0.478. The molecule has 0 bridgehead atoms. The highest BCUT2D eigenvalue weighted by molar-refractivity contribution is 6.07. The smallest absolute Gasteiger partial charge is 0.343 e. The van der Waals surface area contributed by atoms with Crippen molar-refractivity contribution in [3.63, 3.8) is 0 Å². The van der Waals surface area contributed by atoms with Crippen LogP contribution in [0.15, 0.2) is 18.6 Å². The molecule has 122 valence electrons. The molecular formula is C15H15N7O2. The summed E-state index contributed by atoms with van der Waals surface area (Å²) < 4.78 is 8.43. The number of carbonyl (C=O) groups excluding carboxylic acids is 1. The maximum Gasteiger partial charge on any atom is 0.343 e. The lowest BCUT2D eigenvalue weighted by Crippen LogP contribution is -2.07. The Morgan fingerprint density at radius 3 is 2.75 bits per heavy atom. The number of hydrogen-bond donors (Lipinski definition) is 1. The number of ether oxygens (including phenoxy) is 1. The van der Waals surface area contributed by atoms with Crippen LogP contribution in [0.2, 0.25) is 0 Å². The Bertz CT molecular complexity index is 1100. The molecule has 0 saturated heterocycles. The van der Waals surface area contributed by atoms with Gasteiger partial charge in [-0.2, -0.15) is 10.2 Å². The van der Waals surface area contributed by atoms with Gasteiger partial charge in [-0.25, -0.2) is 24.0 Å². The van der Waals surface area contributed by atoms with E-state index in [2.05, 4.69) is 20.2 Å². The first-order valence-electron chi connectivity index (χ1n) is 7.60. The number of aryl methyl sites for hydroxylation is 1. The minimum absolute atomic E-state index is 0.274. The zero-order valence-corrected chi connectivity index (χ0v) is 13.2. The molecule has 0 spiro atoms. The van der Waals surface area contributed by atoms with Gasteiger partial charge in [-0.3, -0.25) is 0 Å². The zero-order chi connectivity index (χ0) is 16.8. The fraction of sp³-hybridized carbons (Fsp3) is 0.267. The Kier molecular flexibility index (Phi) is 3.08. The van der Waals surface area contributed by atoms with Crippen LogP contribution in [0.3, 0.4) is 0 Å². The van der Waals surface area contributed by atoms with Crippen molar-refractivity contribution in [2.45, 2.75) is 20.4 Å². The second-order valence-electron chi connectivity index (χ2n) is 5.23. The van der Waals surface area contributed by atoms with Crippen molar-refractivity contribution in [2.75, 3.05) is 12.3 Å². The summed E-state index contributed by atoms with van der Waals surface area (Å²) in [5.74, 6) is -0.199. The molecule has 24 heavy (non-hydrogen) atoms. The van der Waals surface area contributed by atoms with Crippen molar-refractivity contribution in [1.29, 1.82) is 0 Å². The van der Waals surface area contributed by atoms with Crippen molar-refractivity contribution in [1.82, 2.24) is 29.4 Å². The van der Waals surface area contributed by atoms with Crippen molar-refractivity contribution in [2.24, 2.45) is 0 Å². The number of esters is 1. The summed E-state index contributed by atoms with van der Waals surface area (Å²) in [4.78, 5) is 20.8. The molecule has 0 aliphatic carbocycles. The lowest BCUT2D eigenvalue weighted by molar-refractivity contribution is 0.0528. The minimum Gasteiger partial charge on any atom is -0.462 e. The molecule has 0 fully saturated rings. The summed E-state index contributed by atoms with van der Waals surface area (Å²) in [5, 5.41) is 10.1. The number of nitrogen functional groups attached to an aromatic ring is 1. The normalized spacial score (nSPS) is 11.6. The molecule has 0 saturated carbocycles. The van der Waals surface area contributed by atoms with Crippen molar-refractivity contribution >= 4 is 39.4 Å². The fourth-order valence-electron chi connectivity index (χ4n) is 2.80. The monoisotopic (exact) mass is 325 g/mol. The summed E-state index contributed by atoms with van der Waals surface area (Å²) in [5.41, 5.74) is 8.16. The van der Waals surface area contributed by atoms with Gasteiger partial charge in [-0.15, -0.1) is 0 Å². The van der Waals surface area contributed by atoms with E-state index in [9.17, 15) is 4.79 Å². The molecule has 4 aromatic heterocycles. The van der Waals surface area contributed by atoms with Gasteiger partial charge in [0.25, 0.3) is 0 Å². The summed E-state index contributed by atoms with van der Waals surface area (Å²) >= 11 is 0. The third-order valence-electron chi connectivity index (χ3n) is 3.89. The Morgan fingerprint density at radius 2 is 2.00 bits per heavy atom. The van der Waals surface area contributed by atoms with Gasteiger partial charge in [0.15, 0.2) is 11.3 Å². The van der Waals surface area contributed by atoms with Crippen LogP contribution in [0, 0.1) is 0 Å². The number of carbonyl (C=O) groups is 1. The second kappa shape index (κ2) is 5.15. The van der Waals surface area contributed by atoms with Crippen molar-refractivity contribution in [3.05, 3.63) is 24.2 Å². The number of nitrogens with zero attached hydrogens (tertiary/aromatic N) is 6. The van der Waals surface area contributed by atoms with Gasteiger partial charge in [-0.1, -0.05) is 0 Å². The van der Waals surface area contributed by atoms with Gasteiger partial charge in [-0.05, 0) is 13.8 Å². The Balaban J connectivity index is 2.13. The van der Waals surface area contributed by atoms with Gasteiger partial charge in [0, 0.05) is 12.7 Å². The quantitative estimate of drug-likeness (QED) is 0.566. The van der Waals surface area contributed by atoms with Crippen LogP contribution in [-0.4, -0.2) is 41.9 Å². The highest BCUT2D eigenvalue weighted by Gasteiger charge is 2.20. The number of hydrogen-bond acceptors (Lipinski definition) is 7. The predicted molar refractivity (Wildman–Crippen MR) is 87.6 cm³/mol. The van der Waals surface area contributed by atoms with E-state index in [0.717, 1.165) is 16.6 Å². The summed E-state index contributed by atoms with van der Waals surface area (Å²) in [6.07, 6.45) is 4.81. The van der Waals surface area contributed by atoms with Crippen LogP contribution >= 0.6 is 0 Å². The van der Waals surface area contributed by atoms with Gasteiger partial charge in [0.1, 0.15) is 11.4 Å². The molecule has 0 aliphatic heterocycles. The fourth-order valence-corrected chi connectivity index (χ4v) is 2.80. The van der Waals surface area contributed by atoms with E-state index in [4.69, 9.17) is 10.5 Å². The van der Waals surface area contributed by atoms with Gasteiger partial charge in [0.2, 0.25) is 0 Å². The standard InChI is InChI=1S/C15H15N7O2/c1-3-21-13-9(6-18-21)11-8(5-17-13)12(16)20-14-10(7-19-22(11)14)15(23)24-4-2/h5-7H,3-4H2,1-2H3,(H2,16,20). The number of rotatable bonds is 3. The van der Waals surface area contributed by atoms with Crippen LogP contribution in [0.25, 0.3) is 27.6 Å². The Hall–Kier alpha value is -3.23. The van der Waals surface area contributed by atoms with E-state index in [1.54, 1.807) is 28.5 Å². The molecule has 4 heterocycles. The number of nitrogens with two attached hydrogens (primary N) is 1. The van der Waals surface area contributed by atoms with E-state index < -0.39 is 5.97 Å². The molecule has 0 unspecified atom stereocenters. The van der Waals surface area contributed by atoms with Crippen LogP contribution in [-0.2, 0) is 11.3 Å². The van der Waals surface area contributed by atoms with Crippen LogP contribution in [0.4, 0.5) is 5.82 Å². The van der Waals surface area contributed by atoms with Gasteiger partial charge in [0.05, 0.1) is 35.3 Å². The molecule has 4 rings (SSSR count). The van der Waals surface area contributed by atoms with E-state index in [0.29, 0.717) is 17.6 Å². The van der Waals surface area contributed by atoms with Crippen LogP contribution in [0.1, 0.15) is 24.2 Å². The lowest BCUT2D eigenvalue weighted by Gasteiger charge is -2.06. The predicted octanol–water partition coefficient (Wildman–Crippen LogP) is 1.41. The number of fused-ring (bicyclic) bond motifs is 5. The molecule has 2 N–H and O–H groups in total. The number of anilines is 1. The highest BCUT2D eigenvalue weighted by Crippen LogP contribution is 2.28. The third kappa shape index (κ3) is 1.84. The summed E-state index contributed by atoms with van der Waals surface area (Å²) in [7, 11) is 0. The first-order valence-corrected chi connectivity index (χ1v) is 7.60. The molecule has 0 aromatic carbocycles. The van der Waals surface area contributed by atoms with E-state index in [1.807, 2.05) is 6.92 Å². The third-order valence-corrected chi connectivity index (χ3v) is 3.89. The Morgan fingerprint density at radius 1 is 1.17 bits per heavy atom. The first-order chi connectivity index (χ1) is 11.7. The van der Waals surface area contributed by atoms with E-state index in [-0.39, 0.29) is 18.0 Å². The highest BCUT2D eigenvalue weighted by atomic mass is 16.5. The van der Waals surface area contributed by atoms with Crippen LogP contribution < -0.4 is 5.73 Å². The van der Waals surface area contributed by atoms with Crippen LogP contribution in [0.5, 0.6) is 0 Å². The van der Waals surface area contributed by atoms with E-state index in [1.165, 1.54) is 6.20 Å². The van der Waals surface area contributed by atoms with Gasteiger partial charge >= 0.3 is 5.97 Å². The molecule has 0 radical (unpaired) electrons. The first kappa shape index (κ1) is 14.4. The summed E-state index contributed by atoms with van der Waals surface area (Å²) in [6.45, 7) is 4.70. The molecule has 0 amide bonds. The lowest BCUT2D eigenvalue weighted by atomic mass is 10.2. The maximum absolute atomic E-state index is 12.1. The molecule has 0 aliphatic rings. The topological polar surface area (TPSA) is 113 Å². The molecule has 0 atom stereocenters. The van der Waals surface area contributed by atoms with E-state index >= 15 is 0 Å². The number of pyridine rings is 1. The zero-order valence-electron chi connectivity index (χ0n) is 13.2. The Labute approximate surface area is 136 Å². The van der Waals surface area contributed by atoms with Gasteiger partial charge < -0.3 is 10.5 Å². The molecule has 4 aromatic rings. The second-order valence-corrected chi connectivity index (χ2v) is 5.23. The number of aromatic nitrogens is 6. The molecular weight excluding hydrogens is 310 g/mol. The summed E-state index contributed by atoms with van der Waals surface area (Å²) in [6, 6.07) is 0. The molecule has 9 nitrogen and oxygen atoms in total. The average molecular weight is 325 g/mol. The van der Waals surface area contributed by atoms with Crippen molar-refractivity contribution in [3.8, 4) is 0 Å². The molecule has 9 heteroatoms. The largest absolute Gasteiger partial charge is 0.462 e. The van der Waals surface area contributed by atoms with Crippen molar-refractivity contribution < 1.29 is 9.53 Å². The SMILES string of the molecule is CCOC(=O)c1cnn2c1nc(N)c1cnc3c(cnn3CC)c12.